The summed E-state index contributed by atoms with van der Waals surface area (Å²) >= 11 is 2.99. The minimum Gasteiger partial charge on any atom is -0.376 e. The molecular weight excluding hydrogens is 414 g/mol. The van der Waals surface area contributed by atoms with E-state index in [0.717, 1.165) is 45.9 Å². The summed E-state index contributed by atoms with van der Waals surface area (Å²) in [6.07, 6.45) is 2.04. The van der Waals surface area contributed by atoms with Gasteiger partial charge < -0.3 is 4.74 Å². The van der Waals surface area contributed by atoms with Crippen molar-refractivity contribution < 1.29 is 9.53 Å². The molecule has 0 radical (unpaired) electrons. The molecule has 1 fully saturated rings. The minimum atomic E-state index is -0.0539. The molecule has 5 rings (SSSR count). The Kier molecular flexibility index (Phi) is 5.33. The van der Waals surface area contributed by atoms with Gasteiger partial charge >= 0.3 is 0 Å². The Balaban J connectivity index is 1.52. The smallest absolute Gasteiger partial charge is 0.272 e. The van der Waals surface area contributed by atoms with Crippen LogP contribution < -0.4 is 4.90 Å². The summed E-state index contributed by atoms with van der Waals surface area (Å²) in [5.41, 5.74) is 2.69. The second-order valence-electron chi connectivity index (χ2n) is 7.31. The van der Waals surface area contributed by atoms with Gasteiger partial charge in [-0.3, -0.25) is 9.69 Å². The third-order valence-corrected chi connectivity index (χ3v) is 7.43. The maximum atomic E-state index is 13.7. The van der Waals surface area contributed by atoms with Gasteiger partial charge in [-0.25, -0.2) is 9.97 Å². The number of ether oxygens (including phenoxy) is 1. The Morgan fingerprint density at radius 3 is 2.67 bits per heavy atom. The molecule has 152 valence electrons. The van der Waals surface area contributed by atoms with Crippen molar-refractivity contribution in [2.45, 2.75) is 25.9 Å². The maximum Gasteiger partial charge on any atom is 0.272 e. The van der Waals surface area contributed by atoms with Crippen LogP contribution in [0.2, 0.25) is 0 Å². The minimum absolute atomic E-state index is 0.0442. The average molecular weight is 436 g/mol. The standard InChI is InChI=1S/C23H21N3O2S2/c1-15-20(30-21(24-15)16-8-3-2-4-9-16)22(27)26(14-17-10-7-13-28-17)23-25-18-11-5-6-12-19(18)29-23/h2-6,8-9,11-12,17H,7,10,13-14H2,1H3/t17-/m1/s1. The van der Waals surface area contributed by atoms with E-state index in [1.54, 1.807) is 16.2 Å². The zero-order valence-corrected chi connectivity index (χ0v) is 18.2. The summed E-state index contributed by atoms with van der Waals surface area (Å²) in [5, 5.41) is 1.57. The van der Waals surface area contributed by atoms with Gasteiger partial charge in [0.15, 0.2) is 5.13 Å². The molecule has 0 unspecified atom stereocenters. The lowest BCUT2D eigenvalue weighted by molar-refractivity contribution is 0.0920. The predicted molar refractivity (Wildman–Crippen MR) is 123 cm³/mol. The first kappa shape index (κ1) is 19.4. The van der Waals surface area contributed by atoms with Gasteiger partial charge in [-0.15, -0.1) is 11.3 Å². The molecule has 1 atom stereocenters. The number of thiazole rings is 2. The number of benzene rings is 2. The van der Waals surface area contributed by atoms with Crippen LogP contribution in [0.1, 0.15) is 28.2 Å². The van der Waals surface area contributed by atoms with Crippen molar-refractivity contribution >= 4 is 43.9 Å². The number of hydrogen-bond acceptors (Lipinski definition) is 6. The Bertz CT molecular complexity index is 1150. The number of carbonyl (C=O) groups excluding carboxylic acids is 1. The summed E-state index contributed by atoms with van der Waals surface area (Å²) in [7, 11) is 0. The van der Waals surface area contributed by atoms with Gasteiger partial charge in [0.1, 0.15) is 9.88 Å². The van der Waals surface area contributed by atoms with E-state index >= 15 is 0 Å². The number of amides is 1. The van der Waals surface area contributed by atoms with Gasteiger partial charge in [-0.2, -0.15) is 0 Å². The molecule has 5 nitrogen and oxygen atoms in total. The Morgan fingerprint density at radius 1 is 1.10 bits per heavy atom. The number of carbonyl (C=O) groups is 1. The van der Waals surface area contributed by atoms with Gasteiger partial charge in [0.25, 0.3) is 5.91 Å². The average Bonchev–Trinajstić information content (AvgIpc) is 3.51. The largest absolute Gasteiger partial charge is 0.376 e. The second kappa shape index (κ2) is 8.26. The number of nitrogens with zero attached hydrogens (tertiary/aromatic N) is 3. The molecule has 0 aliphatic carbocycles. The van der Waals surface area contributed by atoms with E-state index in [1.807, 2.05) is 61.5 Å². The van der Waals surface area contributed by atoms with E-state index in [-0.39, 0.29) is 12.0 Å². The van der Waals surface area contributed by atoms with Crippen LogP contribution in [0.5, 0.6) is 0 Å². The van der Waals surface area contributed by atoms with E-state index in [1.165, 1.54) is 11.3 Å². The number of hydrogen-bond donors (Lipinski definition) is 0. The number of aromatic nitrogens is 2. The zero-order valence-electron chi connectivity index (χ0n) is 16.6. The molecule has 7 heteroatoms. The molecule has 0 N–H and O–H groups in total. The summed E-state index contributed by atoms with van der Waals surface area (Å²) < 4.78 is 6.91. The molecule has 2 aromatic carbocycles. The Morgan fingerprint density at radius 2 is 1.90 bits per heavy atom. The molecule has 1 saturated heterocycles. The van der Waals surface area contributed by atoms with E-state index in [4.69, 9.17) is 9.72 Å². The quantitative estimate of drug-likeness (QED) is 0.412. The van der Waals surface area contributed by atoms with E-state index in [9.17, 15) is 4.79 Å². The third kappa shape index (κ3) is 3.76. The van der Waals surface area contributed by atoms with Gasteiger partial charge in [-0.05, 0) is 31.9 Å². The van der Waals surface area contributed by atoms with Crippen LogP contribution in [0.4, 0.5) is 5.13 Å². The number of aryl methyl sites for hydroxylation is 1. The molecule has 0 bridgehead atoms. The van der Waals surface area contributed by atoms with Crippen molar-refractivity contribution in [1.29, 1.82) is 0 Å². The first-order chi connectivity index (χ1) is 14.7. The van der Waals surface area contributed by atoms with Gasteiger partial charge in [0.05, 0.1) is 28.6 Å². The highest BCUT2D eigenvalue weighted by atomic mass is 32.1. The molecular formula is C23H21N3O2S2. The molecule has 3 heterocycles. The van der Waals surface area contributed by atoms with E-state index in [0.29, 0.717) is 16.6 Å². The van der Waals surface area contributed by atoms with Crippen LogP contribution in [0.3, 0.4) is 0 Å². The van der Waals surface area contributed by atoms with Crippen molar-refractivity contribution in [3.63, 3.8) is 0 Å². The van der Waals surface area contributed by atoms with Crippen molar-refractivity contribution in [3.05, 3.63) is 65.2 Å². The summed E-state index contributed by atoms with van der Waals surface area (Å²) in [6, 6.07) is 18.0. The van der Waals surface area contributed by atoms with Crippen molar-refractivity contribution in [2.75, 3.05) is 18.1 Å². The van der Waals surface area contributed by atoms with Crippen molar-refractivity contribution in [2.24, 2.45) is 0 Å². The number of anilines is 1. The van der Waals surface area contributed by atoms with E-state index < -0.39 is 0 Å². The fourth-order valence-corrected chi connectivity index (χ4v) is 5.63. The van der Waals surface area contributed by atoms with Crippen LogP contribution in [0.15, 0.2) is 54.6 Å². The summed E-state index contributed by atoms with van der Waals surface area (Å²) in [5.74, 6) is -0.0539. The number of fused-ring (bicyclic) bond motifs is 1. The molecule has 30 heavy (non-hydrogen) atoms. The highest BCUT2D eigenvalue weighted by Crippen LogP contribution is 2.34. The molecule has 0 saturated carbocycles. The lowest BCUT2D eigenvalue weighted by Crippen LogP contribution is -2.37. The van der Waals surface area contributed by atoms with Gasteiger partial charge in [-0.1, -0.05) is 53.8 Å². The van der Waals surface area contributed by atoms with Crippen LogP contribution >= 0.6 is 22.7 Å². The fourth-order valence-electron chi connectivity index (χ4n) is 3.64. The highest BCUT2D eigenvalue weighted by Gasteiger charge is 2.29. The maximum absolute atomic E-state index is 13.7. The topological polar surface area (TPSA) is 55.3 Å². The molecule has 0 spiro atoms. The molecule has 1 amide bonds. The molecule has 1 aliphatic heterocycles. The second-order valence-corrected chi connectivity index (χ2v) is 9.32. The van der Waals surface area contributed by atoms with Crippen LogP contribution in [0.25, 0.3) is 20.8 Å². The SMILES string of the molecule is Cc1nc(-c2ccccc2)sc1C(=O)N(C[C@H]1CCCO1)c1nc2ccccc2s1. The lowest BCUT2D eigenvalue weighted by Gasteiger charge is -2.22. The van der Waals surface area contributed by atoms with E-state index in [2.05, 4.69) is 4.98 Å². The monoisotopic (exact) mass is 435 g/mol. The van der Waals surface area contributed by atoms with Crippen molar-refractivity contribution in [1.82, 2.24) is 9.97 Å². The van der Waals surface area contributed by atoms with Crippen LogP contribution in [-0.4, -0.2) is 35.1 Å². The normalized spacial score (nSPS) is 16.2. The van der Waals surface area contributed by atoms with Crippen LogP contribution in [-0.2, 0) is 4.74 Å². The Labute approximate surface area is 183 Å². The van der Waals surface area contributed by atoms with Gasteiger partial charge in [0.2, 0.25) is 0 Å². The van der Waals surface area contributed by atoms with Crippen LogP contribution in [0, 0.1) is 6.92 Å². The summed E-state index contributed by atoms with van der Waals surface area (Å²) in [4.78, 5) is 25.6. The first-order valence-electron chi connectivity index (χ1n) is 10.0. The molecule has 4 aromatic rings. The summed E-state index contributed by atoms with van der Waals surface area (Å²) in [6.45, 7) is 3.17. The Hall–Kier alpha value is -2.61. The fraction of sp³-hybridized carbons (Fsp3) is 0.261. The number of para-hydroxylation sites is 1. The lowest BCUT2D eigenvalue weighted by atomic mass is 10.2. The van der Waals surface area contributed by atoms with Crippen molar-refractivity contribution in [3.8, 4) is 10.6 Å². The molecule has 1 aliphatic rings. The number of rotatable bonds is 5. The predicted octanol–water partition coefficient (Wildman–Crippen LogP) is 5.55. The first-order valence-corrected chi connectivity index (χ1v) is 11.6. The third-order valence-electron chi connectivity index (χ3n) is 5.18. The van der Waals surface area contributed by atoms with Gasteiger partial charge in [0, 0.05) is 12.2 Å². The molecule has 2 aromatic heterocycles. The highest BCUT2D eigenvalue weighted by molar-refractivity contribution is 7.22. The zero-order chi connectivity index (χ0) is 20.5.